The average molecular weight is 316 g/mol. The lowest BCUT2D eigenvalue weighted by atomic mass is 10.1. The van der Waals surface area contributed by atoms with Crippen molar-refractivity contribution < 1.29 is 9.90 Å². The van der Waals surface area contributed by atoms with E-state index < -0.39 is 0 Å². The largest absolute Gasteiger partial charge is 0.396 e. The van der Waals surface area contributed by atoms with Crippen molar-refractivity contribution in [1.29, 1.82) is 0 Å². The topological polar surface area (TPSA) is 61.4 Å². The maximum atomic E-state index is 12.0. The van der Waals surface area contributed by atoms with Gasteiger partial charge in [0.1, 0.15) is 0 Å². The molecule has 22 heavy (non-hydrogen) atoms. The van der Waals surface area contributed by atoms with E-state index in [0.29, 0.717) is 6.54 Å². The van der Waals surface area contributed by atoms with Crippen LogP contribution in [-0.2, 0) is 0 Å². The molecule has 0 aliphatic heterocycles. The third-order valence-electron chi connectivity index (χ3n) is 4.16. The van der Waals surface area contributed by atoms with Gasteiger partial charge in [-0.2, -0.15) is 0 Å². The number of aryl methyl sites for hydroxylation is 1. The fourth-order valence-corrected chi connectivity index (χ4v) is 3.34. The van der Waals surface area contributed by atoms with Crippen molar-refractivity contribution in [2.75, 3.05) is 18.5 Å². The Morgan fingerprint density at radius 1 is 1.36 bits per heavy atom. The highest BCUT2D eigenvalue weighted by molar-refractivity contribution is 7.13. The first-order valence-electron chi connectivity index (χ1n) is 7.42. The van der Waals surface area contributed by atoms with Crippen LogP contribution in [0.15, 0.2) is 35.7 Å². The molecule has 3 N–H and O–H groups in total. The Hall–Kier alpha value is -1.85. The molecule has 1 aromatic heterocycles. The molecule has 0 bridgehead atoms. The van der Waals surface area contributed by atoms with Gasteiger partial charge in [0.2, 0.25) is 0 Å². The van der Waals surface area contributed by atoms with Gasteiger partial charge in [-0.05, 0) is 54.5 Å². The third kappa shape index (κ3) is 3.31. The van der Waals surface area contributed by atoms with Crippen molar-refractivity contribution in [3.63, 3.8) is 0 Å². The quantitative estimate of drug-likeness (QED) is 0.789. The number of anilines is 1. The number of amides is 2. The van der Waals surface area contributed by atoms with Crippen LogP contribution in [0.5, 0.6) is 0 Å². The van der Waals surface area contributed by atoms with E-state index in [1.165, 1.54) is 10.4 Å². The maximum absolute atomic E-state index is 12.0. The maximum Gasteiger partial charge on any atom is 0.319 e. The van der Waals surface area contributed by atoms with Crippen LogP contribution in [0, 0.1) is 12.3 Å². The summed E-state index contributed by atoms with van der Waals surface area (Å²) < 4.78 is 0. The Bertz CT molecular complexity index is 677. The number of hydrogen-bond donors (Lipinski definition) is 3. The standard InChI is InChI=1S/C17H20N2O2S/c1-12-5-8-22-15(12)13-3-2-4-14(9-13)19-16(21)18-10-17(11-20)6-7-17/h2-5,8-9,20H,6-7,10-11H2,1H3,(H2,18,19,21). The number of carbonyl (C=O) groups excluding carboxylic acids is 1. The number of benzene rings is 1. The van der Waals surface area contributed by atoms with Crippen LogP contribution in [0.3, 0.4) is 0 Å². The van der Waals surface area contributed by atoms with Gasteiger partial charge in [0.25, 0.3) is 0 Å². The number of aliphatic hydroxyl groups is 1. The summed E-state index contributed by atoms with van der Waals surface area (Å²) in [5, 5.41) is 17.0. The van der Waals surface area contributed by atoms with E-state index in [-0.39, 0.29) is 18.1 Å². The molecular formula is C17H20N2O2S. The van der Waals surface area contributed by atoms with Gasteiger partial charge < -0.3 is 15.7 Å². The lowest BCUT2D eigenvalue weighted by Crippen LogP contribution is -2.35. The molecule has 3 rings (SSSR count). The van der Waals surface area contributed by atoms with Crippen molar-refractivity contribution in [3.05, 3.63) is 41.3 Å². The molecule has 0 spiro atoms. The number of rotatable bonds is 5. The molecule has 1 aliphatic rings. The number of thiophene rings is 1. The SMILES string of the molecule is Cc1ccsc1-c1cccc(NC(=O)NCC2(CO)CC2)c1. The molecule has 116 valence electrons. The molecule has 1 fully saturated rings. The minimum atomic E-state index is -0.222. The Kier molecular flexibility index (Phi) is 4.18. The predicted octanol–water partition coefficient (Wildman–Crippen LogP) is 3.62. The molecule has 1 saturated carbocycles. The number of hydrogen-bond acceptors (Lipinski definition) is 3. The fraction of sp³-hybridized carbons (Fsp3) is 0.353. The fourth-order valence-electron chi connectivity index (χ4n) is 2.42. The average Bonchev–Trinajstić information content (AvgIpc) is 3.19. The monoisotopic (exact) mass is 316 g/mol. The van der Waals surface area contributed by atoms with Crippen LogP contribution >= 0.6 is 11.3 Å². The van der Waals surface area contributed by atoms with E-state index in [1.807, 2.05) is 24.3 Å². The minimum absolute atomic E-state index is 0.0761. The second-order valence-electron chi connectivity index (χ2n) is 5.98. The first-order chi connectivity index (χ1) is 10.6. The molecule has 4 nitrogen and oxygen atoms in total. The van der Waals surface area contributed by atoms with Crippen LogP contribution in [-0.4, -0.2) is 24.3 Å². The highest BCUT2D eigenvalue weighted by Crippen LogP contribution is 2.44. The Balaban J connectivity index is 1.63. The van der Waals surface area contributed by atoms with Crippen molar-refractivity contribution in [3.8, 4) is 10.4 Å². The number of urea groups is 1. The zero-order valence-corrected chi connectivity index (χ0v) is 13.4. The summed E-state index contributed by atoms with van der Waals surface area (Å²) in [4.78, 5) is 13.2. The van der Waals surface area contributed by atoms with Crippen LogP contribution < -0.4 is 10.6 Å². The second kappa shape index (κ2) is 6.10. The van der Waals surface area contributed by atoms with Crippen molar-refractivity contribution >= 4 is 23.1 Å². The predicted molar refractivity (Wildman–Crippen MR) is 90.3 cm³/mol. The van der Waals surface area contributed by atoms with Crippen LogP contribution in [0.1, 0.15) is 18.4 Å². The summed E-state index contributed by atoms with van der Waals surface area (Å²) in [5.41, 5.74) is 3.05. The van der Waals surface area contributed by atoms with Gasteiger partial charge in [0.05, 0.1) is 6.61 Å². The molecule has 2 aromatic rings. The molecule has 5 heteroatoms. The Morgan fingerprint density at radius 3 is 2.82 bits per heavy atom. The second-order valence-corrected chi connectivity index (χ2v) is 6.90. The van der Waals surface area contributed by atoms with E-state index >= 15 is 0 Å². The summed E-state index contributed by atoms with van der Waals surface area (Å²) in [6.45, 7) is 2.75. The Morgan fingerprint density at radius 2 is 2.18 bits per heavy atom. The Labute approximate surface area is 134 Å². The molecule has 0 unspecified atom stereocenters. The smallest absolute Gasteiger partial charge is 0.319 e. The zero-order chi connectivity index (χ0) is 15.6. The summed E-state index contributed by atoms with van der Waals surface area (Å²) in [6, 6.07) is 9.73. The van der Waals surface area contributed by atoms with E-state index in [2.05, 4.69) is 29.0 Å². The summed E-state index contributed by atoms with van der Waals surface area (Å²) >= 11 is 1.70. The normalized spacial score (nSPS) is 15.4. The zero-order valence-electron chi connectivity index (χ0n) is 12.6. The molecule has 1 aliphatic carbocycles. The van der Waals surface area contributed by atoms with Crippen molar-refractivity contribution in [2.24, 2.45) is 5.41 Å². The van der Waals surface area contributed by atoms with E-state index in [9.17, 15) is 9.90 Å². The van der Waals surface area contributed by atoms with Gasteiger partial charge >= 0.3 is 6.03 Å². The number of nitrogens with one attached hydrogen (secondary N) is 2. The lowest BCUT2D eigenvalue weighted by molar-refractivity contribution is 0.206. The van der Waals surface area contributed by atoms with Crippen molar-refractivity contribution in [1.82, 2.24) is 5.32 Å². The van der Waals surface area contributed by atoms with E-state index in [0.717, 1.165) is 24.1 Å². The van der Waals surface area contributed by atoms with E-state index in [4.69, 9.17) is 0 Å². The summed E-state index contributed by atoms with van der Waals surface area (Å²) in [7, 11) is 0. The highest BCUT2D eigenvalue weighted by atomic mass is 32.1. The van der Waals surface area contributed by atoms with Gasteiger partial charge in [0.15, 0.2) is 0 Å². The van der Waals surface area contributed by atoms with Gasteiger partial charge in [-0.25, -0.2) is 4.79 Å². The van der Waals surface area contributed by atoms with Gasteiger partial charge in [-0.3, -0.25) is 0 Å². The number of carbonyl (C=O) groups is 1. The highest BCUT2D eigenvalue weighted by Gasteiger charge is 2.42. The molecule has 1 aromatic carbocycles. The molecule has 2 amide bonds. The number of aliphatic hydroxyl groups excluding tert-OH is 1. The van der Waals surface area contributed by atoms with Gasteiger partial charge in [-0.1, -0.05) is 12.1 Å². The van der Waals surface area contributed by atoms with Crippen LogP contribution in [0.2, 0.25) is 0 Å². The lowest BCUT2D eigenvalue weighted by Gasteiger charge is -2.13. The van der Waals surface area contributed by atoms with Gasteiger partial charge in [-0.15, -0.1) is 11.3 Å². The molecule has 1 heterocycles. The molecule has 0 radical (unpaired) electrons. The first kappa shape index (κ1) is 15.1. The third-order valence-corrected chi connectivity index (χ3v) is 5.23. The van der Waals surface area contributed by atoms with E-state index in [1.54, 1.807) is 11.3 Å². The first-order valence-corrected chi connectivity index (χ1v) is 8.30. The molecule has 0 atom stereocenters. The molecular weight excluding hydrogens is 296 g/mol. The molecule has 0 saturated heterocycles. The minimum Gasteiger partial charge on any atom is -0.396 e. The van der Waals surface area contributed by atoms with Crippen molar-refractivity contribution in [2.45, 2.75) is 19.8 Å². The van der Waals surface area contributed by atoms with Crippen LogP contribution in [0.25, 0.3) is 10.4 Å². The van der Waals surface area contributed by atoms with Gasteiger partial charge in [0, 0.05) is 22.5 Å². The van der Waals surface area contributed by atoms with Crippen LogP contribution in [0.4, 0.5) is 10.5 Å². The summed E-state index contributed by atoms with van der Waals surface area (Å²) in [5.74, 6) is 0. The summed E-state index contributed by atoms with van der Waals surface area (Å²) in [6.07, 6.45) is 1.97.